The minimum Gasteiger partial charge on any atom is -0.507 e. The second kappa shape index (κ2) is 10.3. The van der Waals surface area contributed by atoms with Crippen LogP contribution in [0.2, 0.25) is 0 Å². The summed E-state index contributed by atoms with van der Waals surface area (Å²) in [5.41, 5.74) is 1.29. The first kappa shape index (κ1) is 23.3. The van der Waals surface area contributed by atoms with Crippen molar-refractivity contribution < 1.29 is 24.2 Å². The highest BCUT2D eigenvalue weighted by Gasteiger charge is 2.45. The summed E-state index contributed by atoms with van der Waals surface area (Å²) >= 11 is 0. The Bertz CT molecular complexity index is 980. The van der Waals surface area contributed by atoms with E-state index in [2.05, 4.69) is 0 Å². The normalized spacial score (nSPS) is 17.8. The Morgan fingerprint density at radius 1 is 1.03 bits per heavy atom. The summed E-state index contributed by atoms with van der Waals surface area (Å²) in [6.07, 6.45) is 0.704. The fourth-order valence-corrected chi connectivity index (χ4v) is 3.83. The summed E-state index contributed by atoms with van der Waals surface area (Å²) in [5, 5.41) is 11.1. The number of nitrogens with zero attached hydrogens (tertiary/aromatic N) is 2. The monoisotopic (exact) mass is 438 g/mol. The fraction of sp³-hybridized carbons (Fsp3) is 0.360. The number of ketones is 1. The molecule has 0 saturated carbocycles. The Hall–Kier alpha value is -3.32. The smallest absolute Gasteiger partial charge is 0.295 e. The summed E-state index contributed by atoms with van der Waals surface area (Å²) in [6.45, 7) is 3.62. The van der Waals surface area contributed by atoms with Gasteiger partial charge in [-0.25, -0.2) is 0 Å². The predicted molar refractivity (Wildman–Crippen MR) is 123 cm³/mol. The topological polar surface area (TPSA) is 79.3 Å². The molecule has 0 aromatic heterocycles. The van der Waals surface area contributed by atoms with Gasteiger partial charge < -0.3 is 24.4 Å². The van der Waals surface area contributed by atoms with E-state index < -0.39 is 17.7 Å². The number of likely N-dealkylation sites (tertiary alicyclic amines) is 1. The Morgan fingerprint density at radius 3 is 2.22 bits per heavy atom. The SMILES string of the molecule is CCOc1ccc(C2C(=C(O)c3ccc(OC)cc3)C(=O)C(=O)N2CCCN(C)C)cc1. The van der Waals surface area contributed by atoms with Crippen molar-refractivity contribution in [2.75, 3.05) is 40.9 Å². The molecule has 3 rings (SSSR count). The molecule has 7 nitrogen and oxygen atoms in total. The molecule has 1 unspecified atom stereocenters. The Balaban J connectivity index is 2.05. The number of carbonyl (C=O) groups is 2. The number of Topliss-reactive ketones (excluding diaryl/α,β-unsaturated/α-hetero) is 1. The lowest BCUT2D eigenvalue weighted by atomic mass is 9.95. The average Bonchev–Trinajstić information content (AvgIpc) is 3.04. The standard InChI is InChI=1S/C25H30N2O5/c1-5-32-20-13-7-17(8-14-20)22-21(23(28)18-9-11-19(31-4)12-10-18)24(29)25(30)27(22)16-6-15-26(2)3/h7-14,22,28H,5-6,15-16H2,1-4H3. The van der Waals surface area contributed by atoms with Gasteiger partial charge in [-0.2, -0.15) is 0 Å². The molecule has 1 heterocycles. The molecular weight excluding hydrogens is 408 g/mol. The van der Waals surface area contributed by atoms with Crippen LogP contribution >= 0.6 is 0 Å². The molecule has 7 heteroatoms. The lowest BCUT2D eigenvalue weighted by Crippen LogP contribution is -2.32. The summed E-state index contributed by atoms with van der Waals surface area (Å²) in [5.74, 6) is -0.135. The van der Waals surface area contributed by atoms with Crippen LogP contribution in [0.1, 0.15) is 30.5 Å². The maximum Gasteiger partial charge on any atom is 0.295 e. The lowest BCUT2D eigenvalue weighted by molar-refractivity contribution is -0.139. The van der Waals surface area contributed by atoms with E-state index in [9.17, 15) is 14.7 Å². The van der Waals surface area contributed by atoms with Crippen LogP contribution in [0.5, 0.6) is 11.5 Å². The molecule has 0 radical (unpaired) electrons. The van der Waals surface area contributed by atoms with Crippen molar-refractivity contribution in [3.63, 3.8) is 0 Å². The first-order chi connectivity index (χ1) is 15.4. The van der Waals surface area contributed by atoms with Gasteiger partial charge in [-0.15, -0.1) is 0 Å². The summed E-state index contributed by atoms with van der Waals surface area (Å²) in [7, 11) is 5.48. The fourth-order valence-electron chi connectivity index (χ4n) is 3.83. The molecular formula is C25H30N2O5. The number of carbonyl (C=O) groups excluding carboxylic acids is 2. The number of hydrogen-bond donors (Lipinski definition) is 1. The number of rotatable bonds is 9. The van der Waals surface area contributed by atoms with Gasteiger partial charge in [0.15, 0.2) is 0 Å². The van der Waals surface area contributed by atoms with Crippen LogP contribution in [-0.2, 0) is 9.59 Å². The Morgan fingerprint density at radius 2 is 1.66 bits per heavy atom. The van der Waals surface area contributed by atoms with Gasteiger partial charge in [-0.1, -0.05) is 12.1 Å². The highest BCUT2D eigenvalue weighted by atomic mass is 16.5. The van der Waals surface area contributed by atoms with Crippen molar-refractivity contribution in [3.8, 4) is 11.5 Å². The van der Waals surface area contributed by atoms with Gasteiger partial charge in [0.05, 0.1) is 25.3 Å². The van der Waals surface area contributed by atoms with Crippen molar-refractivity contribution in [2.45, 2.75) is 19.4 Å². The van der Waals surface area contributed by atoms with Gasteiger partial charge in [0.2, 0.25) is 0 Å². The highest BCUT2D eigenvalue weighted by molar-refractivity contribution is 6.46. The Labute approximate surface area is 188 Å². The number of aliphatic hydroxyl groups excluding tert-OH is 1. The average molecular weight is 439 g/mol. The van der Waals surface area contributed by atoms with Crippen molar-refractivity contribution in [3.05, 3.63) is 65.2 Å². The molecule has 1 fully saturated rings. The number of amides is 1. The van der Waals surface area contributed by atoms with Crippen molar-refractivity contribution >= 4 is 17.4 Å². The summed E-state index contributed by atoms with van der Waals surface area (Å²) < 4.78 is 10.7. The molecule has 1 amide bonds. The third kappa shape index (κ3) is 4.94. The van der Waals surface area contributed by atoms with Gasteiger partial charge in [0, 0.05) is 12.1 Å². The van der Waals surface area contributed by atoms with E-state index in [-0.39, 0.29) is 11.3 Å². The highest BCUT2D eigenvalue weighted by Crippen LogP contribution is 2.40. The van der Waals surface area contributed by atoms with E-state index in [1.165, 1.54) is 0 Å². The second-order valence-electron chi connectivity index (χ2n) is 7.88. The zero-order chi connectivity index (χ0) is 23.3. The van der Waals surface area contributed by atoms with E-state index in [1.807, 2.05) is 50.2 Å². The third-order valence-corrected chi connectivity index (χ3v) is 5.41. The van der Waals surface area contributed by atoms with E-state index in [0.29, 0.717) is 36.6 Å². The van der Waals surface area contributed by atoms with Crippen molar-refractivity contribution in [1.82, 2.24) is 9.80 Å². The molecule has 1 atom stereocenters. The van der Waals surface area contributed by atoms with Crippen LogP contribution in [0.3, 0.4) is 0 Å². The van der Waals surface area contributed by atoms with Crippen LogP contribution in [0, 0.1) is 0 Å². The van der Waals surface area contributed by atoms with Gasteiger partial charge in [0.1, 0.15) is 17.3 Å². The summed E-state index contributed by atoms with van der Waals surface area (Å²) in [6, 6.07) is 13.4. The van der Waals surface area contributed by atoms with E-state index in [1.54, 1.807) is 36.3 Å². The molecule has 1 aliphatic heterocycles. The Kier molecular flexibility index (Phi) is 7.53. The second-order valence-corrected chi connectivity index (χ2v) is 7.88. The third-order valence-electron chi connectivity index (χ3n) is 5.41. The molecule has 0 spiro atoms. The predicted octanol–water partition coefficient (Wildman–Crippen LogP) is 3.47. The van der Waals surface area contributed by atoms with Crippen molar-refractivity contribution in [2.24, 2.45) is 0 Å². The first-order valence-electron chi connectivity index (χ1n) is 10.7. The molecule has 2 aromatic carbocycles. The van der Waals surface area contributed by atoms with Gasteiger partial charge in [0.25, 0.3) is 11.7 Å². The molecule has 2 aromatic rings. The molecule has 0 aliphatic carbocycles. The lowest BCUT2D eigenvalue weighted by Gasteiger charge is -2.26. The maximum absolute atomic E-state index is 13.0. The van der Waals surface area contributed by atoms with E-state index in [4.69, 9.17) is 9.47 Å². The van der Waals surface area contributed by atoms with Gasteiger partial charge >= 0.3 is 0 Å². The first-order valence-corrected chi connectivity index (χ1v) is 10.7. The van der Waals surface area contributed by atoms with Gasteiger partial charge in [-0.3, -0.25) is 9.59 Å². The minimum atomic E-state index is -0.679. The quantitative estimate of drug-likeness (QED) is 0.367. The van der Waals surface area contributed by atoms with Crippen LogP contribution in [-0.4, -0.2) is 67.5 Å². The molecule has 0 bridgehead atoms. The van der Waals surface area contributed by atoms with Crippen molar-refractivity contribution in [1.29, 1.82) is 0 Å². The van der Waals surface area contributed by atoms with Gasteiger partial charge in [-0.05, 0) is 75.9 Å². The summed E-state index contributed by atoms with van der Waals surface area (Å²) in [4.78, 5) is 29.6. The maximum atomic E-state index is 13.0. The molecule has 32 heavy (non-hydrogen) atoms. The van der Waals surface area contributed by atoms with E-state index in [0.717, 1.165) is 12.1 Å². The number of methoxy groups -OCH3 is 1. The molecule has 1 aliphatic rings. The number of hydrogen-bond acceptors (Lipinski definition) is 6. The molecule has 170 valence electrons. The van der Waals surface area contributed by atoms with Crippen LogP contribution < -0.4 is 9.47 Å². The van der Waals surface area contributed by atoms with E-state index >= 15 is 0 Å². The minimum absolute atomic E-state index is 0.0918. The zero-order valence-electron chi connectivity index (χ0n) is 19.0. The molecule has 1 saturated heterocycles. The molecule has 1 N–H and O–H groups in total. The number of benzene rings is 2. The van der Waals surface area contributed by atoms with Crippen LogP contribution in [0.15, 0.2) is 54.1 Å². The van der Waals surface area contributed by atoms with Crippen LogP contribution in [0.4, 0.5) is 0 Å². The number of aliphatic hydroxyl groups is 1. The largest absolute Gasteiger partial charge is 0.507 e. The number of ether oxygens (including phenoxy) is 2. The van der Waals surface area contributed by atoms with Crippen LogP contribution in [0.25, 0.3) is 5.76 Å². The zero-order valence-corrected chi connectivity index (χ0v) is 19.0.